The minimum absolute atomic E-state index is 0.126. The second-order valence-corrected chi connectivity index (χ2v) is 10.2. The fourth-order valence-electron chi connectivity index (χ4n) is 5.04. The molecule has 41 heavy (non-hydrogen) atoms. The van der Waals surface area contributed by atoms with E-state index in [4.69, 9.17) is 25.8 Å². The molecule has 1 aliphatic heterocycles. The van der Waals surface area contributed by atoms with E-state index in [1.54, 1.807) is 31.4 Å². The molecule has 1 amide bonds. The van der Waals surface area contributed by atoms with Gasteiger partial charge in [0, 0.05) is 46.9 Å². The van der Waals surface area contributed by atoms with Crippen molar-refractivity contribution >= 4 is 56.6 Å². The summed E-state index contributed by atoms with van der Waals surface area (Å²) in [6.07, 6.45) is 1.37. The molecule has 2 aromatic heterocycles. The zero-order valence-electron chi connectivity index (χ0n) is 22.2. The zero-order valence-corrected chi connectivity index (χ0v) is 23.0. The Bertz CT molecular complexity index is 1820. The maximum absolute atomic E-state index is 13.4. The summed E-state index contributed by atoms with van der Waals surface area (Å²) >= 11 is 5.34. The molecule has 0 atom stereocenters. The van der Waals surface area contributed by atoms with Crippen LogP contribution in [0.15, 0.2) is 80.6 Å². The molecule has 3 aromatic carbocycles. The number of ether oxygens (including phenoxy) is 1. The van der Waals surface area contributed by atoms with Crippen molar-refractivity contribution in [2.24, 2.45) is 0 Å². The quantitative estimate of drug-likeness (QED) is 0.210. The standard InChI is InChI=1S/C31H26FN3O5S/c1-18-23-14-25-26(19-2-4-20(32)5-3-19)17-39-27(25)16-28(23)40-30(37)24(18)15-29(36)34-31(41)33-21-6-8-22(9-7-21)35-10-12-38-13-11-35/h2-9,14,16-17H,10-13,15H2,1H3,(H2,33,34,36,41). The highest BCUT2D eigenvalue weighted by atomic mass is 32.1. The molecule has 2 N–H and O–H groups in total. The van der Waals surface area contributed by atoms with Crippen LogP contribution in [0.3, 0.4) is 0 Å². The number of halogens is 1. The molecule has 1 fully saturated rings. The Hall–Kier alpha value is -4.54. The molecule has 10 heteroatoms. The number of amides is 1. The number of fused-ring (bicyclic) bond motifs is 2. The number of thiocarbonyl (C=S) groups is 1. The molecule has 0 spiro atoms. The van der Waals surface area contributed by atoms with E-state index in [9.17, 15) is 14.0 Å². The molecule has 3 heterocycles. The summed E-state index contributed by atoms with van der Waals surface area (Å²) in [5, 5.41) is 7.23. The Morgan fingerprint density at radius 1 is 1.00 bits per heavy atom. The van der Waals surface area contributed by atoms with E-state index in [0.29, 0.717) is 35.3 Å². The maximum atomic E-state index is 13.4. The molecule has 0 bridgehead atoms. The van der Waals surface area contributed by atoms with Gasteiger partial charge in [0.25, 0.3) is 0 Å². The van der Waals surface area contributed by atoms with E-state index in [1.807, 2.05) is 30.3 Å². The largest absolute Gasteiger partial charge is 0.464 e. The SMILES string of the molecule is Cc1c(CC(=O)NC(=S)Nc2ccc(N3CCOCC3)cc2)c(=O)oc2cc3occ(-c4ccc(F)cc4)c3cc12. The van der Waals surface area contributed by atoms with Gasteiger partial charge in [-0.25, -0.2) is 9.18 Å². The van der Waals surface area contributed by atoms with Gasteiger partial charge in [0.1, 0.15) is 17.0 Å². The van der Waals surface area contributed by atoms with Crippen LogP contribution in [-0.4, -0.2) is 37.3 Å². The highest BCUT2D eigenvalue weighted by Crippen LogP contribution is 2.34. The molecule has 8 nitrogen and oxygen atoms in total. The Morgan fingerprint density at radius 2 is 1.73 bits per heavy atom. The number of hydrogen-bond donors (Lipinski definition) is 2. The summed E-state index contributed by atoms with van der Waals surface area (Å²) in [4.78, 5) is 28.0. The molecule has 1 aliphatic rings. The van der Waals surface area contributed by atoms with Crippen LogP contribution in [0, 0.1) is 12.7 Å². The Labute approximate surface area is 239 Å². The Kier molecular flexibility index (Phi) is 7.25. The van der Waals surface area contributed by atoms with Crippen molar-refractivity contribution in [3.05, 3.63) is 94.3 Å². The van der Waals surface area contributed by atoms with Gasteiger partial charge in [0.15, 0.2) is 5.11 Å². The number of carbonyl (C=O) groups is 1. The third-order valence-corrected chi connectivity index (χ3v) is 7.43. The molecule has 0 unspecified atom stereocenters. The lowest BCUT2D eigenvalue weighted by Gasteiger charge is -2.28. The molecule has 0 aliphatic carbocycles. The molecular formula is C31H26FN3O5S. The van der Waals surface area contributed by atoms with Crippen molar-refractivity contribution in [1.29, 1.82) is 0 Å². The number of carbonyl (C=O) groups excluding carboxylic acids is 1. The lowest BCUT2D eigenvalue weighted by atomic mass is 9.99. The Balaban J connectivity index is 1.18. The highest BCUT2D eigenvalue weighted by molar-refractivity contribution is 7.80. The van der Waals surface area contributed by atoms with Crippen LogP contribution in [0.1, 0.15) is 11.1 Å². The summed E-state index contributed by atoms with van der Waals surface area (Å²) in [6.45, 7) is 4.86. The minimum atomic E-state index is -0.604. The fourth-order valence-corrected chi connectivity index (χ4v) is 5.27. The first kappa shape index (κ1) is 26.7. The van der Waals surface area contributed by atoms with Crippen LogP contribution in [0.2, 0.25) is 0 Å². The summed E-state index contributed by atoms with van der Waals surface area (Å²) in [5.41, 5.74) is 4.51. The number of anilines is 2. The lowest BCUT2D eigenvalue weighted by molar-refractivity contribution is -0.119. The lowest BCUT2D eigenvalue weighted by Crippen LogP contribution is -2.36. The zero-order chi connectivity index (χ0) is 28.5. The van der Waals surface area contributed by atoms with E-state index >= 15 is 0 Å². The monoisotopic (exact) mass is 571 g/mol. The number of nitrogens with one attached hydrogen (secondary N) is 2. The second-order valence-electron chi connectivity index (χ2n) is 9.82. The third kappa shape index (κ3) is 5.57. The van der Waals surface area contributed by atoms with E-state index in [0.717, 1.165) is 41.0 Å². The van der Waals surface area contributed by atoms with Gasteiger partial charge in [-0.1, -0.05) is 12.1 Å². The number of aryl methyl sites for hydroxylation is 1. The van der Waals surface area contributed by atoms with E-state index in [1.165, 1.54) is 12.1 Å². The molecule has 0 saturated carbocycles. The number of morpholine rings is 1. The van der Waals surface area contributed by atoms with Crippen molar-refractivity contribution in [2.75, 3.05) is 36.5 Å². The third-order valence-electron chi connectivity index (χ3n) is 7.23. The first-order valence-electron chi connectivity index (χ1n) is 13.1. The molecule has 5 aromatic rings. The predicted octanol–water partition coefficient (Wildman–Crippen LogP) is 5.55. The van der Waals surface area contributed by atoms with Gasteiger partial charge in [-0.3, -0.25) is 4.79 Å². The van der Waals surface area contributed by atoms with Gasteiger partial charge < -0.3 is 29.1 Å². The number of benzene rings is 3. The summed E-state index contributed by atoms with van der Waals surface area (Å²) < 4.78 is 30.1. The normalized spacial score (nSPS) is 13.5. The number of furan rings is 1. The van der Waals surface area contributed by atoms with Crippen LogP contribution >= 0.6 is 12.2 Å². The van der Waals surface area contributed by atoms with Crippen LogP contribution in [0.4, 0.5) is 15.8 Å². The van der Waals surface area contributed by atoms with Gasteiger partial charge in [-0.15, -0.1) is 0 Å². The van der Waals surface area contributed by atoms with Crippen molar-refractivity contribution in [2.45, 2.75) is 13.3 Å². The molecule has 6 rings (SSSR count). The smallest absolute Gasteiger partial charge is 0.340 e. The van der Waals surface area contributed by atoms with Crippen LogP contribution < -0.4 is 21.2 Å². The van der Waals surface area contributed by atoms with Crippen LogP contribution in [0.5, 0.6) is 0 Å². The number of nitrogens with zero attached hydrogens (tertiary/aromatic N) is 1. The average molecular weight is 572 g/mol. The molecule has 208 valence electrons. The summed E-state index contributed by atoms with van der Waals surface area (Å²) in [7, 11) is 0. The van der Waals surface area contributed by atoms with Crippen molar-refractivity contribution in [1.82, 2.24) is 5.32 Å². The average Bonchev–Trinajstić information content (AvgIpc) is 3.38. The number of hydrogen-bond acceptors (Lipinski definition) is 7. The van der Waals surface area contributed by atoms with Gasteiger partial charge in [0.05, 0.1) is 31.5 Å². The van der Waals surface area contributed by atoms with E-state index < -0.39 is 11.5 Å². The summed E-state index contributed by atoms with van der Waals surface area (Å²) in [6, 6.07) is 17.4. The highest BCUT2D eigenvalue weighted by Gasteiger charge is 2.19. The predicted molar refractivity (Wildman–Crippen MR) is 160 cm³/mol. The maximum Gasteiger partial charge on any atom is 0.340 e. The fraction of sp³-hybridized carbons (Fsp3) is 0.194. The van der Waals surface area contributed by atoms with Crippen LogP contribution in [0.25, 0.3) is 33.1 Å². The van der Waals surface area contributed by atoms with Gasteiger partial charge in [-0.05, 0) is 72.7 Å². The minimum Gasteiger partial charge on any atom is -0.464 e. The van der Waals surface area contributed by atoms with Gasteiger partial charge in [-0.2, -0.15) is 0 Å². The van der Waals surface area contributed by atoms with Crippen molar-refractivity contribution in [3.63, 3.8) is 0 Å². The van der Waals surface area contributed by atoms with Gasteiger partial charge in [0.2, 0.25) is 5.91 Å². The van der Waals surface area contributed by atoms with E-state index in [-0.39, 0.29) is 22.9 Å². The van der Waals surface area contributed by atoms with Gasteiger partial charge >= 0.3 is 5.63 Å². The van der Waals surface area contributed by atoms with Crippen LogP contribution in [-0.2, 0) is 16.0 Å². The topological polar surface area (TPSA) is 97.0 Å². The Morgan fingerprint density at radius 3 is 2.46 bits per heavy atom. The van der Waals surface area contributed by atoms with Crippen molar-refractivity contribution in [3.8, 4) is 11.1 Å². The summed E-state index contributed by atoms with van der Waals surface area (Å²) in [5.74, 6) is -0.775. The number of rotatable bonds is 5. The molecular weight excluding hydrogens is 545 g/mol. The first-order chi connectivity index (χ1) is 19.9. The van der Waals surface area contributed by atoms with E-state index in [2.05, 4.69) is 15.5 Å². The van der Waals surface area contributed by atoms with Crippen molar-refractivity contribution < 1.29 is 22.8 Å². The second kappa shape index (κ2) is 11.1. The molecule has 0 radical (unpaired) electrons. The first-order valence-corrected chi connectivity index (χ1v) is 13.5. The molecule has 1 saturated heterocycles.